The molecule has 10 heteroatoms. The summed E-state index contributed by atoms with van der Waals surface area (Å²) in [7, 11) is 3.02. The van der Waals surface area contributed by atoms with Crippen molar-refractivity contribution in [2.45, 2.75) is 78.3 Å². The van der Waals surface area contributed by atoms with Crippen molar-refractivity contribution in [2.24, 2.45) is 0 Å². The van der Waals surface area contributed by atoms with E-state index in [2.05, 4.69) is 15.8 Å². The van der Waals surface area contributed by atoms with Crippen LogP contribution in [0.1, 0.15) is 77.2 Å². The number of hydrogen-bond acceptors (Lipinski definition) is 7. The van der Waals surface area contributed by atoms with Gasteiger partial charge in [-0.1, -0.05) is 37.6 Å². The molecule has 2 aromatic rings. The summed E-state index contributed by atoms with van der Waals surface area (Å²) in [5, 5.41) is 9.45. The van der Waals surface area contributed by atoms with Crippen molar-refractivity contribution in [1.82, 2.24) is 15.4 Å². The average Bonchev–Trinajstić information content (AvgIpc) is 3.28. The Balaban J connectivity index is 2.40. The van der Waals surface area contributed by atoms with E-state index in [1.807, 2.05) is 27.7 Å². The summed E-state index contributed by atoms with van der Waals surface area (Å²) in [5.74, 6) is 0.672. The van der Waals surface area contributed by atoms with E-state index in [0.29, 0.717) is 42.2 Å². The predicted molar refractivity (Wildman–Crippen MR) is 141 cm³/mol. The number of amides is 3. The van der Waals surface area contributed by atoms with E-state index in [-0.39, 0.29) is 36.4 Å². The molecule has 10 nitrogen and oxygen atoms in total. The van der Waals surface area contributed by atoms with Gasteiger partial charge in [0.15, 0.2) is 17.3 Å². The monoisotopic (exact) mass is 516 g/mol. The number of para-hydroxylation sites is 1. The van der Waals surface area contributed by atoms with E-state index in [0.717, 1.165) is 6.42 Å². The van der Waals surface area contributed by atoms with Gasteiger partial charge in [-0.3, -0.25) is 14.4 Å². The van der Waals surface area contributed by atoms with Crippen LogP contribution in [0.5, 0.6) is 11.5 Å². The maximum absolute atomic E-state index is 13.8. The predicted octanol–water partition coefficient (Wildman–Crippen LogP) is 4.39. The summed E-state index contributed by atoms with van der Waals surface area (Å²) in [6.07, 6.45) is 2.05. The van der Waals surface area contributed by atoms with Crippen LogP contribution in [0, 0.1) is 6.92 Å². The van der Waals surface area contributed by atoms with E-state index in [9.17, 15) is 14.4 Å². The molecule has 1 aromatic heterocycles. The number of methoxy groups -OCH3 is 2. The van der Waals surface area contributed by atoms with E-state index in [4.69, 9.17) is 14.0 Å². The summed E-state index contributed by atoms with van der Waals surface area (Å²) in [5.41, 5.74) is 0.0227. The van der Waals surface area contributed by atoms with Crippen LogP contribution in [0.25, 0.3) is 0 Å². The molecule has 0 spiro atoms. The van der Waals surface area contributed by atoms with Crippen molar-refractivity contribution in [2.75, 3.05) is 26.1 Å². The Kier molecular flexibility index (Phi) is 11.0. The maximum Gasteiger partial charge on any atom is 0.248 e. The molecule has 0 saturated carbocycles. The van der Waals surface area contributed by atoms with Crippen LogP contribution in [0.15, 0.2) is 28.8 Å². The molecule has 37 heavy (non-hydrogen) atoms. The van der Waals surface area contributed by atoms with Gasteiger partial charge in [-0.15, -0.1) is 0 Å². The van der Waals surface area contributed by atoms with Crippen molar-refractivity contribution < 1.29 is 28.4 Å². The summed E-state index contributed by atoms with van der Waals surface area (Å²) in [6, 6.07) is 5.88. The standard InChI is InChI=1S/C27H40N4O6/c1-8-10-16-31(23(33)15-14-22(32)28-21-17-18(3)37-30-21)24(26(34)29-27(4,5)9-2)19-12-11-13-20(35-6)25(19)36-7/h11-13,17,24H,8-10,14-16H2,1-7H3,(H,29,34)(H,28,30,32)/t24-/m1/s1. The lowest BCUT2D eigenvalue weighted by Gasteiger charge is -2.35. The van der Waals surface area contributed by atoms with Gasteiger partial charge >= 0.3 is 0 Å². The van der Waals surface area contributed by atoms with E-state index >= 15 is 0 Å². The molecule has 0 aliphatic carbocycles. The van der Waals surface area contributed by atoms with Gasteiger partial charge in [0.05, 0.1) is 14.2 Å². The van der Waals surface area contributed by atoms with Gasteiger partial charge in [-0.25, -0.2) is 0 Å². The van der Waals surface area contributed by atoms with Gasteiger partial charge in [0.25, 0.3) is 0 Å². The number of anilines is 1. The highest BCUT2D eigenvalue weighted by Gasteiger charge is 2.36. The number of aryl methyl sites for hydroxylation is 1. The number of aromatic nitrogens is 1. The molecule has 0 unspecified atom stereocenters. The molecule has 0 fully saturated rings. The van der Waals surface area contributed by atoms with Crippen LogP contribution >= 0.6 is 0 Å². The summed E-state index contributed by atoms with van der Waals surface area (Å²) in [4.78, 5) is 41.4. The molecule has 2 N–H and O–H groups in total. The van der Waals surface area contributed by atoms with Crippen LogP contribution in [0.4, 0.5) is 5.82 Å². The third-order valence-electron chi connectivity index (χ3n) is 6.17. The largest absolute Gasteiger partial charge is 0.493 e. The SMILES string of the molecule is CCCCN(C(=O)CCC(=O)Nc1cc(C)on1)[C@@H](C(=O)NC(C)(C)CC)c1cccc(OC)c1OC. The number of nitrogens with one attached hydrogen (secondary N) is 2. The fourth-order valence-corrected chi connectivity index (χ4v) is 3.79. The van der Waals surface area contributed by atoms with Crippen LogP contribution in [0.3, 0.4) is 0 Å². The zero-order chi connectivity index (χ0) is 27.6. The first-order valence-electron chi connectivity index (χ1n) is 12.6. The molecule has 1 atom stereocenters. The van der Waals surface area contributed by atoms with Crippen molar-refractivity contribution >= 4 is 23.5 Å². The first-order chi connectivity index (χ1) is 17.6. The number of rotatable bonds is 14. The number of hydrogen-bond donors (Lipinski definition) is 2. The van der Waals surface area contributed by atoms with Gasteiger partial charge in [-0.2, -0.15) is 0 Å². The van der Waals surface area contributed by atoms with E-state index in [1.54, 1.807) is 31.2 Å². The van der Waals surface area contributed by atoms with Gasteiger partial charge in [-0.05, 0) is 39.7 Å². The molecule has 2 rings (SSSR count). The van der Waals surface area contributed by atoms with Crippen molar-refractivity contribution in [3.05, 3.63) is 35.6 Å². The van der Waals surface area contributed by atoms with Crippen LogP contribution in [-0.2, 0) is 14.4 Å². The number of unbranched alkanes of at least 4 members (excludes halogenated alkanes) is 1. The minimum atomic E-state index is -0.976. The number of nitrogens with zero attached hydrogens (tertiary/aromatic N) is 2. The Morgan fingerprint density at radius 3 is 2.43 bits per heavy atom. The van der Waals surface area contributed by atoms with E-state index in [1.165, 1.54) is 19.1 Å². The molecule has 0 radical (unpaired) electrons. The minimum absolute atomic E-state index is 0.0720. The van der Waals surface area contributed by atoms with Crippen molar-refractivity contribution in [3.63, 3.8) is 0 Å². The second-order valence-electron chi connectivity index (χ2n) is 9.52. The van der Waals surface area contributed by atoms with Gasteiger partial charge in [0, 0.05) is 36.6 Å². The Hall–Kier alpha value is -3.56. The molecule has 0 saturated heterocycles. The zero-order valence-corrected chi connectivity index (χ0v) is 23.0. The topological polar surface area (TPSA) is 123 Å². The molecule has 1 heterocycles. The lowest BCUT2D eigenvalue weighted by Crippen LogP contribution is -2.50. The number of ether oxygens (including phenoxy) is 2. The highest BCUT2D eigenvalue weighted by molar-refractivity contribution is 5.94. The quantitative estimate of drug-likeness (QED) is 0.382. The summed E-state index contributed by atoms with van der Waals surface area (Å²) < 4.78 is 16.1. The molecule has 204 valence electrons. The molecule has 0 bridgehead atoms. The highest BCUT2D eigenvalue weighted by Crippen LogP contribution is 2.38. The number of benzene rings is 1. The second kappa shape index (κ2) is 13.7. The highest BCUT2D eigenvalue weighted by atomic mass is 16.5. The van der Waals surface area contributed by atoms with Crippen molar-refractivity contribution in [1.29, 1.82) is 0 Å². The van der Waals surface area contributed by atoms with Crippen LogP contribution in [0.2, 0.25) is 0 Å². The summed E-state index contributed by atoms with van der Waals surface area (Å²) in [6.45, 7) is 9.91. The average molecular weight is 517 g/mol. The first kappa shape index (κ1) is 29.7. The molecular formula is C27H40N4O6. The maximum atomic E-state index is 13.8. The van der Waals surface area contributed by atoms with E-state index < -0.39 is 11.6 Å². The smallest absolute Gasteiger partial charge is 0.248 e. The second-order valence-corrected chi connectivity index (χ2v) is 9.52. The van der Waals surface area contributed by atoms with Crippen molar-refractivity contribution in [3.8, 4) is 11.5 Å². The van der Waals surface area contributed by atoms with Gasteiger partial charge in [0.1, 0.15) is 11.8 Å². The molecule has 3 amide bonds. The molecule has 0 aliphatic rings. The third-order valence-corrected chi connectivity index (χ3v) is 6.17. The molecule has 0 aliphatic heterocycles. The molecular weight excluding hydrogens is 476 g/mol. The number of carbonyl (C=O) groups is 3. The Bertz CT molecular complexity index is 1060. The van der Waals surface area contributed by atoms with Gasteiger partial charge in [0.2, 0.25) is 17.7 Å². The third kappa shape index (κ3) is 8.23. The lowest BCUT2D eigenvalue weighted by atomic mass is 9.97. The lowest BCUT2D eigenvalue weighted by molar-refractivity contribution is -0.142. The fourth-order valence-electron chi connectivity index (χ4n) is 3.79. The zero-order valence-electron chi connectivity index (χ0n) is 23.0. The Labute approximate surface area is 219 Å². The number of carbonyl (C=O) groups excluding carboxylic acids is 3. The Morgan fingerprint density at radius 2 is 1.86 bits per heavy atom. The summed E-state index contributed by atoms with van der Waals surface area (Å²) >= 11 is 0. The van der Waals surface area contributed by atoms with Crippen LogP contribution < -0.4 is 20.1 Å². The van der Waals surface area contributed by atoms with Crippen LogP contribution in [-0.4, -0.2) is 54.1 Å². The first-order valence-corrected chi connectivity index (χ1v) is 12.6. The molecule has 1 aromatic carbocycles. The minimum Gasteiger partial charge on any atom is -0.493 e. The van der Waals surface area contributed by atoms with Gasteiger partial charge < -0.3 is 29.5 Å². The normalized spacial score (nSPS) is 12.0. The fraction of sp³-hybridized carbons (Fsp3) is 0.556. The Morgan fingerprint density at radius 1 is 1.14 bits per heavy atom.